The Morgan fingerprint density at radius 1 is 1.06 bits per heavy atom. The molecular formula is C24H19F2N3O3. The molecule has 0 aliphatic carbocycles. The zero-order chi connectivity index (χ0) is 22.7. The number of amides is 1. The van der Waals surface area contributed by atoms with Gasteiger partial charge in [-0.2, -0.15) is 0 Å². The molecule has 0 saturated heterocycles. The van der Waals surface area contributed by atoms with E-state index in [1.165, 1.54) is 30.6 Å². The summed E-state index contributed by atoms with van der Waals surface area (Å²) in [5, 5.41) is 13.3. The van der Waals surface area contributed by atoms with Gasteiger partial charge < -0.3 is 15.2 Å². The molecule has 0 fully saturated rings. The number of fused-ring (bicyclic) bond motifs is 1. The largest absolute Gasteiger partial charge is 0.439 e. The molecule has 32 heavy (non-hydrogen) atoms. The molecule has 0 unspecified atom stereocenters. The first-order valence-electron chi connectivity index (χ1n) is 9.75. The second kappa shape index (κ2) is 8.68. The van der Waals surface area contributed by atoms with E-state index in [1.807, 2.05) is 6.07 Å². The molecule has 0 aliphatic rings. The monoisotopic (exact) mass is 435 g/mol. The van der Waals surface area contributed by atoms with Crippen LogP contribution in [0.4, 0.5) is 14.5 Å². The van der Waals surface area contributed by atoms with Gasteiger partial charge in [0.15, 0.2) is 0 Å². The van der Waals surface area contributed by atoms with Crippen molar-refractivity contribution in [3.8, 4) is 11.6 Å². The normalized spacial score (nSPS) is 11.4. The lowest BCUT2D eigenvalue weighted by atomic mass is 10.0. The van der Waals surface area contributed by atoms with E-state index in [-0.39, 0.29) is 23.7 Å². The van der Waals surface area contributed by atoms with Crippen molar-refractivity contribution in [2.75, 3.05) is 5.32 Å². The lowest BCUT2D eigenvalue weighted by Crippen LogP contribution is -2.14. The highest BCUT2D eigenvalue weighted by Crippen LogP contribution is 2.30. The van der Waals surface area contributed by atoms with E-state index in [0.29, 0.717) is 22.4 Å². The molecule has 4 aromatic rings. The van der Waals surface area contributed by atoms with Gasteiger partial charge >= 0.3 is 0 Å². The van der Waals surface area contributed by atoms with Crippen LogP contribution in [0.15, 0.2) is 73.1 Å². The maximum Gasteiger partial charge on any atom is 0.270 e. The lowest BCUT2D eigenvalue weighted by Gasteiger charge is -2.13. The maximum absolute atomic E-state index is 13.6. The number of aliphatic hydroxyl groups excluding tert-OH is 1. The first-order valence-corrected chi connectivity index (χ1v) is 9.75. The van der Waals surface area contributed by atoms with Crippen molar-refractivity contribution in [3.63, 3.8) is 0 Å². The van der Waals surface area contributed by atoms with Crippen LogP contribution >= 0.6 is 0 Å². The molecule has 6 nitrogen and oxygen atoms in total. The average Bonchev–Trinajstić information content (AvgIpc) is 2.78. The number of carbonyl (C=O) groups excluding carboxylic acids is 1. The minimum absolute atomic E-state index is 0.177. The third-order valence-corrected chi connectivity index (χ3v) is 4.81. The number of rotatable bonds is 6. The first kappa shape index (κ1) is 21.3. The highest BCUT2D eigenvalue weighted by molar-refractivity contribution is 6.13. The molecule has 0 bridgehead atoms. The third-order valence-electron chi connectivity index (χ3n) is 4.81. The Kier molecular flexibility index (Phi) is 5.79. The summed E-state index contributed by atoms with van der Waals surface area (Å²) >= 11 is 0. The number of anilines is 1. The van der Waals surface area contributed by atoms with Crippen molar-refractivity contribution in [3.05, 3.63) is 89.9 Å². The molecule has 1 aromatic heterocycles. The van der Waals surface area contributed by atoms with Crippen molar-refractivity contribution in [1.82, 2.24) is 9.97 Å². The smallest absolute Gasteiger partial charge is 0.270 e. The molecule has 0 aliphatic heterocycles. The molecular weight excluding hydrogens is 416 g/mol. The summed E-state index contributed by atoms with van der Waals surface area (Å²) in [7, 11) is 0. The van der Waals surface area contributed by atoms with Crippen molar-refractivity contribution in [2.45, 2.75) is 19.5 Å². The van der Waals surface area contributed by atoms with E-state index in [0.717, 1.165) is 12.3 Å². The van der Waals surface area contributed by atoms with Crippen LogP contribution in [0.2, 0.25) is 0 Å². The molecule has 0 saturated carbocycles. The Bertz CT molecular complexity index is 1290. The maximum atomic E-state index is 13.6. The molecule has 1 amide bonds. The highest BCUT2D eigenvalue weighted by Gasteiger charge is 2.24. The molecule has 3 aromatic carbocycles. The fourth-order valence-corrected chi connectivity index (χ4v) is 3.23. The number of hydrogen-bond donors (Lipinski definition) is 2. The van der Waals surface area contributed by atoms with E-state index < -0.39 is 11.8 Å². The van der Waals surface area contributed by atoms with E-state index in [4.69, 9.17) is 4.74 Å². The number of benzene rings is 3. The molecule has 0 radical (unpaired) electrons. The lowest BCUT2D eigenvalue weighted by molar-refractivity contribution is 0.0175. The summed E-state index contributed by atoms with van der Waals surface area (Å²) in [6, 6.07) is 17.6. The van der Waals surface area contributed by atoms with Crippen LogP contribution < -0.4 is 10.1 Å². The molecule has 4 rings (SSSR count). The van der Waals surface area contributed by atoms with Gasteiger partial charge in [0.05, 0.1) is 12.3 Å². The summed E-state index contributed by atoms with van der Waals surface area (Å²) in [5.74, 6) is -2.64. The average molecular weight is 435 g/mol. The number of alkyl halides is 2. The van der Waals surface area contributed by atoms with Crippen molar-refractivity contribution >= 4 is 22.4 Å². The van der Waals surface area contributed by atoms with Crippen LogP contribution in [0.1, 0.15) is 28.5 Å². The van der Waals surface area contributed by atoms with E-state index in [2.05, 4.69) is 15.3 Å². The van der Waals surface area contributed by atoms with E-state index in [1.54, 1.807) is 36.4 Å². The fraction of sp³-hybridized carbons (Fsp3) is 0.125. The first-order chi connectivity index (χ1) is 15.3. The molecule has 8 heteroatoms. The molecule has 1 heterocycles. The van der Waals surface area contributed by atoms with Gasteiger partial charge in [0, 0.05) is 29.8 Å². The van der Waals surface area contributed by atoms with Crippen molar-refractivity contribution < 1.29 is 23.4 Å². The Labute approximate surface area is 182 Å². The number of nitrogens with one attached hydrogen (secondary N) is 1. The van der Waals surface area contributed by atoms with Crippen LogP contribution in [-0.2, 0) is 12.5 Å². The van der Waals surface area contributed by atoms with Crippen LogP contribution in [0, 0.1) is 0 Å². The van der Waals surface area contributed by atoms with E-state index in [9.17, 15) is 18.7 Å². The fourth-order valence-electron chi connectivity index (χ4n) is 3.23. The highest BCUT2D eigenvalue weighted by atomic mass is 19.3. The molecule has 162 valence electrons. The van der Waals surface area contributed by atoms with Gasteiger partial charge in [-0.05, 0) is 47.2 Å². The molecule has 0 spiro atoms. The number of halogens is 2. The Balaban J connectivity index is 1.59. The van der Waals surface area contributed by atoms with Crippen LogP contribution in [0.25, 0.3) is 10.8 Å². The van der Waals surface area contributed by atoms with Crippen LogP contribution in [0.3, 0.4) is 0 Å². The number of ether oxygens (including phenoxy) is 1. The van der Waals surface area contributed by atoms with Crippen LogP contribution in [0.5, 0.6) is 11.6 Å². The second-order valence-corrected chi connectivity index (χ2v) is 7.22. The second-order valence-electron chi connectivity index (χ2n) is 7.22. The van der Waals surface area contributed by atoms with Crippen molar-refractivity contribution in [1.29, 1.82) is 0 Å². The SMILES string of the molecule is CC(F)(F)c1cccc(NC(=O)c2cccc3cc(Oc4cc(CO)ncn4)ccc23)c1. The van der Waals surface area contributed by atoms with Gasteiger partial charge in [-0.15, -0.1) is 0 Å². The zero-order valence-corrected chi connectivity index (χ0v) is 17.0. The number of aromatic nitrogens is 2. The number of nitrogens with zero attached hydrogens (tertiary/aromatic N) is 2. The Morgan fingerprint density at radius 3 is 2.66 bits per heavy atom. The van der Waals surface area contributed by atoms with Gasteiger partial charge in [0.25, 0.3) is 11.8 Å². The predicted molar refractivity (Wildman–Crippen MR) is 116 cm³/mol. The Morgan fingerprint density at radius 2 is 1.88 bits per heavy atom. The quantitative estimate of drug-likeness (QED) is 0.431. The van der Waals surface area contributed by atoms with Gasteiger partial charge in [-0.25, -0.2) is 18.7 Å². The predicted octanol–water partition coefficient (Wildman–Crippen LogP) is 5.28. The molecule has 2 N–H and O–H groups in total. The topological polar surface area (TPSA) is 84.3 Å². The minimum atomic E-state index is -3.00. The van der Waals surface area contributed by atoms with Crippen LogP contribution in [-0.4, -0.2) is 21.0 Å². The number of carbonyl (C=O) groups is 1. The standard InChI is InChI=1S/C24H19F2N3O3/c1-24(25,26)16-5-3-6-17(11-16)29-23(31)21-7-2-4-15-10-19(8-9-20(15)21)32-22-12-18(13-30)27-14-28-22/h2-12,14,30H,13H2,1H3,(H,29,31). The van der Waals surface area contributed by atoms with Gasteiger partial charge in [0.1, 0.15) is 12.1 Å². The number of aliphatic hydroxyl groups is 1. The summed E-state index contributed by atoms with van der Waals surface area (Å²) in [6.07, 6.45) is 1.30. The van der Waals surface area contributed by atoms with Crippen molar-refractivity contribution in [2.24, 2.45) is 0 Å². The van der Waals surface area contributed by atoms with Gasteiger partial charge in [0.2, 0.25) is 5.88 Å². The minimum Gasteiger partial charge on any atom is -0.439 e. The summed E-state index contributed by atoms with van der Waals surface area (Å²) in [6.45, 7) is 0.582. The summed E-state index contributed by atoms with van der Waals surface area (Å²) in [4.78, 5) is 20.8. The van der Waals surface area contributed by atoms with Gasteiger partial charge in [-0.3, -0.25) is 4.79 Å². The summed E-state index contributed by atoms with van der Waals surface area (Å²) in [5.41, 5.74) is 0.936. The Hall–Kier alpha value is -3.91. The third kappa shape index (κ3) is 4.70. The van der Waals surface area contributed by atoms with Gasteiger partial charge in [-0.1, -0.05) is 24.3 Å². The summed E-state index contributed by atoms with van der Waals surface area (Å²) < 4.78 is 32.9. The number of hydrogen-bond acceptors (Lipinski definition) is 5. The zero-order valence-electron chi connectivity index (χ0n) is 17.0. The van der Waals surface area contributed by atoms with E-state index >= 15 is 0 Å². The molecule has 0 atom stereocenters.